The normalized spacial score (nSPS) is 15.9. The second-order valence-corrected chi connectivity index (χ2v) is 11.4. The second kappa shape index (κ2) is 11.2. The Kier molecular flexibility index (Phi) is 8.09. The Balaban J connectivity index is 1.51. The van der Waals surface area contributed by atoms with Crippen LogP contribution in [0, 0.1) is 18.3 Å². The van der Waals surface area contributed by atoms with E-state index in [1.165, 1.54) is 5.56 Å². The van der Waals surface area contributed by atoms with E-state index < -0.39 is 10.0 Å². The molecule has 0 saturated carbocycles. The number of hydrogen-bond donors (Lipinski definition) is 1. The van der Waals surface area contributed by atoms with Gasteiger partial charge in [0.2, 0.25) is 27.5 Å². The summed E-state index contributed by atoms with van der Waals surface area (Å²) >= 11 is 0. The Labute approximate surface area is 213 Å². The van der Waals surface area contributed by atoms with Crippen molar-refractivity contribution in [3.8, 4) is 17.5 Å². The van der Waals surface area contributed by atoms with E-state index in [0.717, 1.165) is 31.2 Å². The smallest absolute Gasteiger partial charge is 0.243 e. The summed E-state index contributed by atoms with van der Waals surface area (Å²) in [5.41, 5.74) is 3.11. The van der Waals surface area contributed by atoms with Gasteiger partial charge in [0.25, 0.3) is 0 Å². The molecule has 1 aliphatic rings. The zero-order valence-electron chi connectivity index (χ0n) is 21.1. The van der Waals surface area contributed by atoms with Gasteiger partial charge in [-0.15, -0.1) is 0 Å². The number of hydrogen-bond acceptors (Lipinski definition) is 7. The Morgan fingerprint density at radius 2 is 1.69 bits per heavy atom. The second-order valence-electron chi connectivity index (χ2n) is 9.42. The van der Waals surface area contributed by atoms with Crippen molar-refractivity contribution in [2.75, 3.05) is 39.0 Å². The molecule has 1 aliphatic heterocycles. The fourth-order valence-electron chi connectivity index (χ4n) is 4.42. The maximum atomic E-state index is 13.1. The van der Waals surface area contributed by atoms with Crippen LogP contribution in [0.3, 0.4) is 0 Å². The van der Waals surface area contributed by atoms with E-state index in [4.69, 9.17) is 4.42 Å². The van der Waals surface area contributed by atoms with Gasteiger partial charge >= 0.3 is 0 Å². The van der Waals surface area contributed by atoms with Gasteiger partial charge in [-0.2, -0.15) is 14.6 Å². The maximum absolute atomic E-state index is 13.1. The predicted octanol–water partition coefficient (Wildman–Crippen LogP) is 4.80. The molecule has 2 aromatic carbocycles. The van der Waals surface area contributed by atoms with E-state index in [1.54, 1.807) is 28.6 Å². The number of aryl methyl sites for hydroxylation is 1. The lowest BCUT2D eigenvalue weighted by Gasteiger charge is -2.25. The Morgan fingerprint density at radius 3 is 2.28 bits per heavy atom. The predicted molar refractivity (Wildman–Crippen MR) is 140 cm³/mol. The summed E-state index contributed by atoms with van der Waals surface area (Å²) in [7, 11) is 0.474. The number of nitrogens with zero attached hydrogens (tertiary/aromatic N) is 4. The molecule has 1 fully saturated rings. The van der Waals surface area contributed by atoms with Gasteiger partial charge in [-0.3, -0.25) is 0 Å². The number of rotatable bonds is 8. The largest absolute Gasteiger partial charge is 0.419 e. The van der Waals surface area contributed by atoms with Crippen LogP contribution < -0.4 is 5.32 Å². The molecule has 4 rings (SSSR count). The van der Waals surface area contributed by atoms with E-state index in [0.29, 0.717) is 31.1 Å². The SMILES string of the molecule is Cc1ccc(C(CNc2oc(-c3ccc(S(=O)(=O)N4CCCCCC4)cc3)nc2C#N)N(C)C)cc1. The number of oxazole rings is 1. The molecule has 0 amide bonds. The maximum Gasteiger partial charge on any atom is 0.243 e. The fraction of sp³-hybridized carbons (Fsp3) is 0.407. The molecule has 0 bridgehead atoms. The number of sulfonamides is 1. The van der Waals surface area contributed by atoms with Crippen LogP contribution in [0.2, 0.25) is 0 Å². The van der Waals surface area contributed by atoms with Crippen LogP contribution in [-0.4, -0.2) is 56.3 Å². The molecule has 36 heavy (non-hydrogen) atoms. The zero-order valence-corrected chi connectivity index (χ0v) is 21.9. The van der Waals surface area contributed by atoms with Crippen molar-refractivity contribution in [2.24, 2.45) is 0 Å². The molecule has 190 valence electrons. The molecule has 8 nitrogen and oxygen atoms in total. The monoisotopic (exact) mass is 507 g/mol. The van der Waals surface area contributed by atoms with E-state index in [9.17, 15) is 13.7 Å². The van der Waals surface area contributed by atoms with Crippen molar-refractivity contribution in [3.63, 3.8) is 0 Å². The van der Waals surface area contributed by atoms with Crippen molar-refractivity contribution in [1.82, 2.24) is 14.2 Å². The first-order valence-electron chi connectivity index (χ1n) is 12.3. The summed E-state index contributed by atoms with van der Waals surface area (Å²) in [6.07, 6.45) is 3.90. The van der Waals surface area contributed by atoms with Crippen molar-refractivity contribution < 1.29 is 12.8 Å². The van der Waals surface area contributed by atoms with Crippen molar-refractivity contribution >= 4 is 15.9 Å². The van der Waals surface area contributed by atoms with Crippen LogP contribution >= 0.6 is 0 Å². The highest BCUT2D eigenvalue weighted by atomic mass is 32.2. The highest BCUT2D eigenvalue weighted by Gasteiger charge is 2.25. The van der Waals surface area contributed by atoms with Gasteiger partial charge in [0.1, 0.15) is 6.07 Å². The number of benzene rings is 2. The fourth-order valence-corrected chi connectivity index (χ4v) is 5.93. The highest BCUT2D eigenvalue weighted by molar-refractivity contribution is 7.89. The molecule has 0 aliphatic carbocycles. The molecule has 0 radical (unpaired) electrons. The van der Waals surface area contributed by atoms with Gasteiger partial charge in [-0.25, -0.2) is 8.42 Å². The Morgan fingerprint density at radius 1 is 1.06 bits per heavy atom. The minimum Gasteiger partial charge on any atom is -0.419 e. The summed E-state index contributed by atoms with van der Waals surface area (Å²) in [6.45, 7) is 3.69. The van der Waals surface area contributed by atoms with E-state index >= 15 is 0 Å². The zero-order chi connectivity index (χ0) is 25.7. The van der Waals surface area contributed by atoms with Crippen LogP contribution in [0.15, 0.2) is 57.8 Å². The van der Waals surface area contributed by atoms with E-state index in [2.05, 4.69) is 52.5 Å². The summed E-state index contributed by atoms with van der Waals surface area (Å²) in [5.74, 6) is 0.567. The van der Waals surface area contributed by atoms with Crippen LogP contribution in [0.5, 0.6) is 0 Å². The molecule has 1 unspecified atom stereocenters. The molecule has 3 aromatic rings. The standard InChI is InChI=1S/C27H33N5O3S/c1-20-8-10-21(11-9-20)25(31(2)3)19-29-27-24(18-28)30-26(35-27)22-12-14-23(15-13-22)36(33,34)32-16-6-4-5-7-17-32/h8-15,25,29H,4-7,16-17,19H2,1-3H3. The van der Waals surface area contributed by atoms with Gasteiger partial charge in [0.05, 0.1) is 10.9 Å². The Bertz CT molecular complexity index is 1300. The quantitative estimate of drug-likeness (QED) is 0.467. The molecular weight excluding hydrogens is 474 g/mol. The third-order valence-corrected chi connectivity index (χ3v) is 8.49. The number of likely N-dealkylation sites (N-methyl/N-ethyl adjacent to an activating group) is 1. The lowest BCUT2D eigenvalue weighted by Crippen LogP contribution is -2.31. The van der Waals surface area contributed by atoms with Crippen LogP contribution in [0.4, 0.5) is 5.88 Å². The molecule has 1 atom stereocenters. The summed E-state index contributed by atoms with van der Waals surface area (Å²) in [6, 6.07) is 17.0. The number of aromatic nitrogens is 1. The molecule has 0 spiro atoms. The van der Waals surface area contributed by atoms with Gasteiger partial charge in [0.15, 0.2) is 0 Å². The summed E-state index contributed by atoms with van der Waals surface area (Å²) < 4.78 is 33.6. The van der Waals surface area contributed by atoms with Gasteiger partial charge < -0.3 is 14.6 Å². The average Bonchev–Trinajstić information content (AvgIpc) is 3.08. The van der Waals surface area contributed by atoms with Crippen LogP contribution in [-0.2, 0) is 10.0 Å². The lowest BCUT2D eigenvalue weighted by molar-refractivity contribution is 0.310. The van der Waals surface area contributed by atoms with E-state index in [1.807, 2.05) is 14.1 Å². The van der Waals surface area contributed by atoms with Gasteiger partial charge in [0, 0.05) is 25.2 Å². The van der Waals surface area contributed by atoms with Crippen molar-refractivity contribution in [3.05, 3.63) is 65.4 Å². The van der Waals surface area contributed by atoms with E-state index in [-0.39, 0.29) is 22.5 Å². The Hall–Kier alpha value is -3.19. The minimum atomic E-state index is -3.53. The molecular formula is C27H33N5O3S. The van der Waals surface area contributed by atoms with Crippen molar-refractivity contribution in [1.29, 1.82) is 5.26 Å². The molecule has 1 saturated heterocycles. The first-order valence-corrected chi connectivity index (χ1v) is 13.7. The van der Waals surface area contributed by atoms with Crippen LogP contribution in [0.25, 0.3) is 11.5 Å². The third-order valence-electron chi connectivity index (χ3n) is 6.58. The highest BCUT2D eigenvalue weighted by Crippen LogP contribution is 2.29. The van der Waals surface area contributed by atoms with Gasteiger partial charge in [-0.1, -0.05) is 42.7 Å². The van der Waals surface area contributed by atoms with Gasteiger partial charge in [-0.05, 0) is 63.7 Å². The third kappa shape index (κ3) is 5.78. The lowest BCUT2D eigenvalue weighted by atomic mass is 10.0. The number of nitriles is 1. The topological polar surface area (TPSA) is 102 Å². The van der Waals surface area contributed by atoms with Crippen molar-refractivity contribution in [2.45, 2.75) is 43.5 Å². The number of nitrogens with one attached hydrogen (secondary N) is 1. The minimum absolute atomic E-state index is 0.0640. The first kappa shape index (κ1) is 25.9. The summed E-state index contributed by atoms with van der Waals surface area (Å²) in [5, 5.41) is 12.8. The molecule has 2 heterocycles. The summed E-state index contributed by atoms with van der Waals surface area (Å²) in [4.78, 5) is 6.69. The number of anilines is 1. The molecule has 9 heteroatoms. The first-order chi connectivity index (χ1) is 17.3. The average molecular weight is 508 g/mol. The molecule has 1 aromatic heterocycles. The molecule has 1 N–H and O–H groups in total. The van der Waals surface area contributed by atoms with Crippen LogP contribution in [0.1, 0.15) is 48.5 Å².